The van der Waals surface area contributed by atoms with Crippen molar-refractivity contribution in [2.24, 2.45) is 0 Å². The smallest absolute Gasteiger partial charge is 0.305 e. The molecule has 0 spiro atoms. The van der Waals surface area contributed by atoms with Crippen molar-refractivity contribution in [1.29, 1.82) is 0 Å². The minimum Gasteiger partial charge on any atom is -0.466 e. The maximum atomic E-state index is 12.4. The van der Waals surface area contributed by atoms with Crippen LogP contribution >= 0.6 is 0 Å². The van der Waals surface area contributed by atoms with E-state index in [0.29, 0.717) is 19.4 Å². The molecule has 0 aliphatic rings. The highest BCUT2D eigenvalue weighted by Gasteiger charge is 2.18. The Labute approximate surface area is 373 Å². The lowest BCUT2D eigenvalue weighted by molar-refractivity contribution is -0.143. The quantitative estimate of drug-likeness (QED) is 0.0322. The molecule has 0 aliphatic heterocycles. The molecule has 6 heteroatoms. The molecule has 0 aromatic rings. The maximum absolute atomic E-state index is 12.4. The van der Waals surface area contributed by atoms with Crippen molar-refractivity contribution in [3.05, 3.63) is 24.3 Å². The number of aliphatic hydroxyl groups excluding tert-OH is 2. The number of unbranched alkanes of at least 4 members (excludes halogenated alkanes) is 36. The van der Waals surface area contributed by atoms with E-state index in [-0.39, 0.29) is 18.5 Å². The molecule has 1 amide bonds. The van der Waals surface area contributed by atoms with Gasteiger partial charge in [0.2, 0.25) is 5.91 Å². The molecule has 0 saturated carbocycles. The Kier molecular flexibility index (Phi) is 48.6. The number of amides is 1. The number of hydrogen-bond donors (Lipinski definition) is 3. The fourth-order valence-corrected chi connectivity index (χ4v) is 8.10. The number of aliphatic hydroxyl groups is 2. The zero-order chi connectivity index (χ0) is 43.7. The summed E-state index contributed by atoms with van der Waals surface area (Å²) in [6.07, 6.45) is 59.1. The van der Waals surface area contributed by atoms with Crippen LogP contribution in [0.15, 0.2) is 24.3 Å². The van der Waals surface area contributed by atoms with Gasteiger partial charge in [-0.2, -0.15) is 0 Å². The van der Waals surface area contributed by atoms with Crippen molar-refractivity contribution in [1.82, 2.24) is 5.32 Å². The molecule has 2 atom stereocenters. The molecule has 0 bridgehead atoms. The fraction of sp³-hybridized carbons (Fsp3) is 0.889. The second-order valence-electron chi connectivity index (χ2n) is 18.2. The van der Waals surface area contributed by atoms with Gasteiger partial charge in [-0.15, -0.1) is 0 Å². The zero-order valence-corrected chi connectivity index (χ0v) is 40.2. The first kappa shape index (κ1) is 58.3. The third-order valence-corrected chi connectivity index (χ3v) is 12.2. The SMILES string of the molecule is CCCCCCCCCC/C=C/C(O)C(CO)NC(=O)CCCCCCCCC/C=C\CCCCCCCCCCCCCOC(=O)CCCCCCCCCCCCC. The molecular weight excluding hydrogens is 743 g/mol. The Bertz CT molecular complexity index is 935. The van der Waals surface area contributed by atoms with Crippen molar-refractivity contribution in [3.8, 4) is 0 Å². The molecule has 0 fully saturated rings. The van der Waals surface area contributed by atoms with Crippen LogP contribution in [0.25, 0.3) is 0 Å². The minimum atomic E-state index is -0.846. The first-order valence-electron chi connectivity index (χ1n) is 26.6. The first-order valence-corrected chi connectivity index (χ1v) is 26.6. The van der Waals surface area contributed by atoms with E-state index in [1.165, 1.54) is 212 Å². The van der Waals surface area contributed by atoms with Crippen LogP contribution < -0.4 is 5.32 Å². The van der Waals surface area contributed by atoms with E-state index < -0.39 is 12.1 Å². The topological polar surface area (TPSA) is 95.9 Å². The molecule has 0 radical (unpaired) electrons. The number of allylic oxidation sites excluding steroid dienone is 3. The second-order valence-corrected chi connectivity index (χ2v) is 18.2. The van der Waals surface area contributed by atoms with Gasteiger partial charge < -0.3 is 20.3 Å². The summed E-state index contributed by atoms with van der Waals surface area (Å²) in [6.45, 7) is 4.87. The summed E-state index contributed by atoms with van der Waals surface area (Å²) in [5.74, 6) is -0.0683. The lowest BCUT2D eigenvalue weighted by Gasteiger charge is -2.20. The van der Waals surface area contributed by atoms with Crippen molar-refractivity contribution in [2.45, 2.75) is 296 Å². The maximum Gasteiger partial charge on any atom is 0.305 e. The summed E-state index contributed by atoms with van der Waals surface area (Å²) in [7, 11) is 0. The number of ether oxygens (including phenoxy) is 1. The Balaban J connectivity index is 3.42. The van der Waals surface area contributed by atoms with Gasteiger partial charge in [0.05, 0.1) is 25.4 Å². The Morgan fingerprint density at radius 3 is 1.18 bits per heavy atom. The van der Waals surface area contributed by atoms with Crippen molar-refractivity contribution < 1.29 is 24.5 Å². The Morgan fingerprint density at radius 1 is 0.450 bits per heavy atom. The summed E-state index contributed by atoms with van der Waals surface area (Å²) in [5.41, 5.74) is 0. The molecule has 0 rings (SSSR count). The highest BCUT2D eigenvalue weighted by atomic mass is 16.5. The lowest BCUT2D eigenvalue weighted by atomic mass is 10.0. The molecule has 0 saturated heterocycles. The van der Waals surface area contributed by atoms with E-state index in [4.69, 9.17) is 4.74 Å². The number of nitrogens with one attached hydrogen (secondary N) is 1. The largest absolute Gasteiger partial charge is 0.466 e. The molecule has 60 heavy (non-hydrogen) atoms. The van der Waals surface area contributed by atoms with Gasteiger partial charge in [0.1, 0.15) is 0 Å². The minimum absolute atomic E-state index is 0.00862. The predicted molar refractivity (Wildman–Crippen MR) is 260 cm³/mol. The van der Waals surface area contributed by atoms with Gasteiger partial charge in [0, 0.05) is 12.8 Å². The fourth-order valence-electron chi connectivity index (χ4n) is 8.10. The van der Waals surface area contributed by atoms with Crippen molar-refractivity contribution >= 4 is 11.9 Å². The normalized spacial score (nSPS) is 12.8. The molecule has 0 aliphatic carbocycles. The average molecular weight is 846 g/mol. The summed E-state index contributed by atoms with van der Waals surface area (Å²) in [4.78, 5) is 24.4. The lowest BCUT2D eigenvalue weighted by Crippen LogP contribution is -2.45. The van der Waals surface area contributed by atoms with Crippen LogP contribution in [0.4, 0.5) is 0 Å². The van der Waals surface area contributed by atoms with Crippen LogP contribution in [0.3, 0.4) is 0 Å². The molecule has 2 unspecified atom stereocenters. The molecule has 0 heterocycles. The number of rotatable bonds is 49. The molecular formula is C54H103NO5. The predicted octanol–water partition coefficient (Wildman–Crippen LogP) is 15.9. The van der Waals surface area contributed by atoms with E-state index >= 15 is 0 Å². The van der Waals surface area contributed by atoms with E-state index in [9.17, 15) is 19.8 Å². The van der Waals surface area contributed by atoms with Gasteiger partial charge in [-0.05, 0) is 57.8 Å². The van der Waals surface area contributed by atoms with Crippen LogP contribution in [-0.4, -0.2) is 47.4 Å². The number of esters is 1. The third kappa shape index (κ3) is 45.9. The number of carbonyl (C=O) groups excluding carboxylic acids is 2. The second kappa shape index (κ2) is 50.0. The van der Waals surface area contributed by atoms with Gasteiger partial charge in [-0.3, -0.25) is 9.59 Å². The first-order chi connectivity index (χ1) is 29.5. The van der Waals surface area contributed by atoms with Gasteiger partial charge in [0.25, 0.3) is 0 Å². The number of carbonyl (C=O) groups is 2. The molecule has 0 aromatic carbocycles. The highest BCUT2D eigenvalue weighted by Crippen LogP contribution is 2.16. The van der Waals surface area contributed by atoms with Gasteiger partial charge in [-0.1, -0.05) is 237 Å². The van der Waals surface area contributed by atoms with Gasteiger partial charge in [0.15, 0.2) is 0 Å². The summed E-state index contributed by atoms with van der Waals surface area (Å²) < 4.78 is 5.46. The van der Waals surface area contributed by atoms with Crippen LogP contribution in [-0.2, 0) is 14.3 Å². The van der Waals surface area contributed by atoms with E-state index in [1.54, 1.807) is 6.08 Å². The van der Waals surface area contributed by atoms with Crippen LogP contribution in [0.1, 0.15) is 284 Å². The summed E-state index contributed by atoms with van der Waals surface area (Å²) >= 11 is 0. The van der Waals surface area contributed by atoms with Gasteiger partial charge in [-0.25, -0.2) is 0 Å². The standard InChI is InChI=1S/C54H103NO5/c1-3-5-7-9-11-13-27-32-36-40-44-48-54(59)60-49-45-41-37-33-29-26-24-22-20-18-16-15-17-19-21-23-25-28-31-35-39-43-47-53(58)55-51(50-56)52(57)46-42-38-34-30-14-12-10-8-6-4-2/h17,19,42,46,51-52,56-57H,3-16,18,20-41,43-45,47-50H2,1-2H3,(H,55,58)/b19-17-,46-42+. The molecule has 0 aromatic heterocycles. The monoisotopic (exact) mass is 846 g/mol. The Hall–Kier alpha value is -1.66. The third-order valence-electron chi connectivity index (χ3n) is 12.2. The Morgan fingerprint density at radius 2 is 0.783 bits per heavy atom. The van der Waals surface area contributed by atoms with Gasteiger partial charge >= 0.3 is 5.97 Å². The molecule has 354 valence electrons. The zero-order valence-electron chi connectivity index (χ0n) is 40.2. The van der Waals surface area contributed by atoms with Crippen LogP contribution in [0.5, 0.6) is 0 Å². The molecule has 6 nitrogen and oxygen atoms in total. The van der Waals surface area contributed by atoms with Crippen LogP contribution in [0.2, 0.25) is 0 Å². The van der Waals surface area contributed by atoms with Crippen molar-refractivity contribution in [2.75, 3.05) is 13.2 Å². The van der Waals surface area contributed by atoms with Crippen LogP contribution in [0, 0.1) is 0 Å². The highest BCUT2D eigenvalue weighted by molar-refractivity contribution is 5.76. The molecule has 3 N–H and O–H groups in total. The van der Waals surface area contributed by atoms with E-state index in [0.717, 1.165) is 44.9 Å². The average Bonchev–Trinajstić information content (AvgIpc) is 3.25. The summed E-state index contributed by atoms with van der Waals surface area (Å²) in [5, 5.41) is 22.9. The number of hydrogen-bond acceptors (Lipinski definition) is 5. The van der Waals surface area contributed by atoms with Crippen molar-refractivity contribution in [3.63, 3.8) is 0 Å². The summed E-state index contributed by atoms with van der Waals surface area (Å²) in [6, 6.07) is -0.630. The van der Waals surface area contributed by atoms with E-state index in [2.05, 4.69) is 31.3 Å². The van der Waals surface area contributed by atoms with E-state index in [1.807, 2.05) is 6.08 Å².